The van der Waals surface area contributed by atoms with Crippen LogP contribution in [0.15, 0.2) is 0 Å². The number of amides is 2. The minimum absolute atomic E-state index is 0.00610. The van der Waals surface area contributed by atoms with Crippen molar-refractivity contribution in [2.45, 2.75) is 71.4 Å². The molecule has 1 saturated carbocycles. The van der Waals surface area contributed by atoms with E-state index in [4.69, 9.17) is 5.11 Å². The van der Waals surface area contributed by atoms with E-state index < -0.39 is 5.97 Å². The number of rotatable bonds is 6. The summed E-state index contributed by atoms with van der Waals surface area (Å²) in [4.78, 5) is 24.6. The lowest BCUT2D eigenvalue weighted by Crippen LogP contribution is -2.49. The third-order valence-corrected chi connectivity index (χ3v) is 4.14. The number of carbonyl (C=O) groups excluding carboxylic acids is 1. The second-order valence-corrected chi connectivity index (χ2v) is 6.02. The highest BCUT2D eigenvalue weighted by Gasteiger charge is 2.25. The van der Waals surface area contributed by atoms with Crippen LogP contribution >= 0.6 is 0 Å². The maximum atomic E-state index is 12.3. The zero-order chi connectivity index (χ0) is 15.1. The molecule has 0 heterocycles. The van der Waals surface area contributed by atoms with Crippen LogP contribution < -0.4 is 5.32 Å². The molecular formula is C15H28N2O3. The molecule has 0 bridgehead atoms. The molecule has 0 aromatic carbocycles. The Bertz CT molecular complexity index is 331. The Kier molecular flexibility index (Phi) is 6.82. The van der Waals surface area contributed by atoms with Crippen LogP contribution in [0.5, 0.6) is 0 Å². The number of hydrogen-bond donors (Lipinski definition) is 2. The van der Waals surface area contributed by atoms with Crippen molar-refractivity contribution in [3.05, 3.63) is 0 Å². The Hall–Kier alpha value is -1.26. The first-order chi connectivity index (χ1) is 9.43. The molecule has 2 unspecified atom stereocenters. The van der Waals surface area contributed by atoms with Crippen molar-refractivity contribution >= 4 is 12.0 Å². The molecule has 1 rings (SSSR count). The standard InChI is InChI=1S/C15H28N2O3/c1-4-12-6-5-7-13(10-12)16-15(20)17(11(2)3)9-8-14(18)19/h11-13H,4-10H2,1-3H3,(H,16,20)(H,18,19). The summed E-state index contributed by atoms with van der Waals surface area (Å²) in [6.07, 6.45) is 5.67. The van der Waals surface area contributed by atoms with E-state index in [0.29, 0.717) is 5.92 Å². The van der Waals surface area contributed by atoms with Crippen molar-refractivity contribution in [3.63, 3.8) is 0 Å². The number of urea groups is 1. The average Bonchev–Trinajstić information content (AvgIpc) is 2.38. The summed E-state index contributed by atoms with van der Waals surface area (Å²) in [5.74, 6) is -0.160. The van der Waals surface area contributed by atoms with Gasteiger partial charge in [-0.1, -0.05) is 26.2 Å². The van der Waals surface area contributed by atoms with Crippen LogP contribution in [0.3, 0.4) is 0 Å². The number of carbonyl (C=O) groups is 2. The third-order valence-electron chi connectivity index (χ3n) is 4.14. The van der Waals surface area contributed by atoms with Gasteiger partial charge in [0, 0.05) is 18.6 Å². The predicted octanol–water partition coefficient (Wildman–Crippen LogP) is 2.85. The molecule has 20 heavy (non-hydrogen) atoms. The van der Waals surface area contributed by atoms with Gasteiger partial charge >= 0.3 is 12.0 Å². The number of aliphatic carboxylic acids is 1. The van der Waals surface area contributed by atoms with E-state index in [1.54, 1.807) is 4.90 Å². The molecule has 5 nitrogen and oxygen atoms in total. The molecule has 1 aliphatic carbocycles. The smallest absolute Gasteiger partial charge is 0.317 e. The van der Waals surface area contributed by atoms with Gasteiger partial charge in [0.05, 0.1) is 6.42 Å². The van der Waals surface area contributed by atoms with Crippen LogP contribution in [0.2, 0.25) is 0 Å². The molecule has 2 atom stereocenters. The minimum Gasteiger partial charge on any atom is -0.481 e. The molecule has 0 saturated heterocycles. The van der Waals surface area contributed by atoms with Gasteiger partial charge < -0.3 is 15.3 Å². The van der Waals surface area contributed by atoms with E-state index in [0.717, 1.165) is 12.8 Å². The highest BCUT2D eigenvalue weighted by atomic mass is 16.4. The van der Waals surface area contributed by atoms with Crippen molar-refractivity contribution in [2.24, 2.45) is 5.92 Å². The lowest BCUT2D eigenvalue weighted by atomic mass is 9.84. The van der Waals surface area contributed by atoms with Gasteiger partial charge in [-0.2, -0.15) is 0 Å². The number of nitrogens with zero attached hydrogens (tertiary/aromatic N) is 1. The van der Waals surface area contributed by atoms with Gasteiger partial charge in [-0.15, -0.1) is 0 Å². The van der Waals surface area contributed by atoms with E-state index in [1.807, 2.05) is 13.8 Å². The first-order valence-electron chi connectivity index (χ1n) is 7.73. The lowest BCUT2D eigenvalue weighted by molar-refractivity contribution is -0.137. The molecule has 2 N–H and O–H groups in total. The Morgan fingerprint density at radius 1 is 1.35 bits per heavy atom. The molecule has 0 aromatic heterocycles. The topological polar surface area (TPSA) is 69.6 Å². The van der Waals surface area contributed by atoms with E-state index >= 15 is 0 Å². The summed E-state index contributed by atoms with van der Waals surface area (Å²) in [5.41, 5.74) is 0. The Morgan fingerprint density at radius 2 is 2.05 bits per heavy atom. The number of carboxylic acids is 1. The third kappa shape index (κ3) is 5.39. The predicted molar refractivity (Wildman–Crippen MR) is 78.7 cm³/mol. The maximum Gasteiger partial charge on any atom is 0.317 e. The molecule has 5 heteroatoms. The zero-order valence-corrected chi connectivity index (χ0v) is 12.9. The molecule has 0 spiro atoms. The van der Waals surface area contributed by atoms with E-state index in [1.165, 1.54) is 19.3 Å². The largest absolute Gasteiger partial charge is 0.481 e. The molecular weight excluding hydrogens is 256 g/mol. The summed E-state index contributed by atoms with van der Waals surface area (Å²) >= 11 is 0. The molecule has 2 amide bonds. The second kappa shape index (κ2) is 8.12. The van der Waals surface area contributed by atoms with Gasteiger partial charge in [0.25, 0.3) is 0 Å². The highest BCUT2D eigenvalue weighted by Crippen LogP contribution is 2.26. The molecule has 0 aliphatic heterocycles. The average molecular weight is 284 g/mol. The van der Waals surface area contributed by atoms with Gasteiger partial charge in [0.2, 0.25) is 0 Å². The quantitative estimate of drug-likeness (QED) is 0.788. The van der Waals surface area contributed by atoms with Crippen LogP contribution in [-0.4, -0.2) is 40.6 Å². The summed E-state index contributed by atoms with van der Waals surface area (Å²) in [6.45, 7) is 6.29. The second-order valence-electron chi connectivity index (χ2n) is 6.02. The van der Waals surface area contributed by atoms with Crippen LogP contribution in [0.25, 0.3) is 0 Å². The lowest BCUT2D eigenvalue weighted by Gasteiger charge is -2.33. The number of nitrogens with one attached hydrogen (secondary N) is 1. The van der Waals surface area contributed by atoms with Gasteiger partial charge in [-0.25, -0.2) is 4.79 Å². The van der Waals surface area contributed by atoms with Crippen molar-refractivity contribution in [1.29, 1.82) is 0 Å². The van der Waals surface area contributed by atoms with Crippen molar-refractivity contribution in [1.82, 2.24) is 10.2 Å². The van der Waals surface area contributed by atoms with Crippen molar-refractivity contribution in [3.8, 4) is 0 Å². The van der Waals surface area contributed by atoms with Crippen LogP contribution in [0, 0.1) is 5.92 Å². The molecule has 116 valence electrons. The minimum atomic E-state index is -0.868. The monoisotopic (exact) mass is 284 g/mol. The summed E-state index contributed by atoms with van der Waals surface area (Å²) in [5, 5.41) is 11.8. The van der Waals surface area contributed by atoms with Crippen molar-refractivity contribution in [2.75, 3.05) is 6.54 Å². The van der Waals surface area contributed by atoms with E-state index in [-0.39, 0.29) is 31.1 Å². The van der Waals surface area contributed by atoms with Gasteiger partial charge in [0.1, 0.15) is 0 Å². The van der Waals surface area contributed by atoms with Gasteiger partial charge in [0.15, 0.2) is 0 Å². The molecule has 0 aromatic rings. The fourth-order valence-corrected chi connectivity index (χ4v) is 2.86. The maximum absolute atomic E-state index is 12.3. The number of carboxylic acid groups (broad SMARTS) is 1. The normalized spacial score (nSPS) is 22.6. The summed E-state index contributed by atoms with van der Waals surface area (Å²) in [7, 11) is 0. The SMILES string of the molecule is CCC1CCCC(NC(=O)N(CCC(=O)O)C(C)C)C1. The van der Waals surface area contributed by atoms with Crippen LogP contribution in [0.4, 0.5) is 4.79 Å². The van der Waals surface area contributed by atoms with Crippen LogP contribution in [-0.2, 0) is 4.79 Å². The van der Waals surface area contributed by atoms with E-state index in [9.17, 15) is 9.59 Å². The molecule has 1 aliphatic rings. The summed E-state index contributed by atoms with van der Waals surface area (Å²) < 4.78 is 0. The first-order valence-corrected chi connectivity index (χ1v) is 7.73. The first kappa shape index (κ1) is 16.8. The van der Waals surface area contributed by atoms with Gasteiger partial charge in [-0.05, 0) is 32.6 Å². The summed E-state index contributed by atoms with van der Waals surface area (Å²) in [6, 6.07) is 0.134. The van der Waals surface area contributed by atoms with E-state index in [2.05, 4.69) is 12.2 Å². The fourth-order valence-electron chi connectivity index (χ4n) is 2.86. The Balaban J connectivity index is 2.50. The molecule has 1 fully saturated rings. The Morgan fingerprint density at radius 3 is 2.60 bits per heavy atom. The van der Waals surface area contributed by atoms with Gasteiger partial charge in [-0.3, -0.25) is 4.79 Å². The fraction of sp³-hybridized carbons (Fsp3) is 0.867. The van der Waals surface area contributed by atoms with Crippen LogP contribution in [0.1, 0.15) is 59.3 Å². The van der Waals surface area contributed by atoms with Crippen molar-refractivity contribution < 1.29 is 14.7 Å². The Labute approximate surface area is 121 Å². The zero-order valence-electron chi connectivity index (χ0n) is 12.9. The molecule has 0 radical (unpaired) electrons. The number of hydrogen-bond acceptors (Lipinski definition) is 2. The highest BCUT2D eigenvalue weighted by molar-refractivity contribution is 5.75.